The van der Waals surface area contributed by atoms with Crippen LogP contribution in [-0.2, 0) is 4.79 Å². The molecule has 0 bridgehead atoms. The van der Waals surface area contributed by atoms with Crippen molar-refractivity contribution in [2.24, 2.45) is 0 Å². The number of aryl methyl sites for hydroxylation is 1. The average Bonchev–Trinajstić information content (AvgIpc) is 3.11. The molecule has 0 unspecified atom stereocenters. The van der Waals surface area contributed by atoms with Gasteiger partial charge in [0.05, 0.1) is 11.4 Å². The Morgan fingerprint density at radius 1 is 1.31 bits per heavy atom. The maximum atomic E-state index is 12.3. The molecular formula is C18H26N6OS. The molecule has 0 saturated carbocycles. The van der Waals surface area contributed by atoms with Crippen molar-refractivity contribution in [2.45, 2.75) is 44.8 Å². The van der Waals surface area contributed by atoms with E-state index in [4.69, 9.17) is 0 Å². The molecule has 140 valence electrons. The molecule has 2 aromatic rings. The minimum absolute atomic E-state index is 0.0421. The van der Waals surface area contributed by atoms with Gasteiger partial charge in [0, 0.05) is 19.1 Å². The molecule has 3 rings (SSSR count). The molecule has 1 saturated heterocycles. The van der Waals surface area contributed by atoms with E-state index >= 15 is 0 Å². The van der Waals surface area contributed by atoms with Crippen molar-refractivity contribution in [3.8, 4) is 5.69 Å². The molecule has 2 heterocycles. The Balaban J connectivity index is 1.57. The highest BCUT2D eigenvalue weighted by Gasteiger charge is 2.20. The summed E-state index contributed by atoms with van der Waals surface area (Å²) in [5.74, 6) is 0.361. The van der Waals surface area contributed by atoms with Crippen molar-refractivity contribution in [1.29, 1.82) is 0 Å². The van der Waals surface area contributed by atoms with Crippen LogP contribution in [0.4, 0.5) is 0 Å². The summed E-state index contributed by atoms with van der Waals surface area (Å²) in [6, 6.07) is 6.32. The third-order valence-corrected chi connectivity index (χ3v) is 5.90. The largest absolute Gasteiger partial charge is 0.353 e. The SMILES string of the molecule is CCN1CCC(NC(=O)CSc2nnnn2-c2cccc(C)c2C)CC1. The Morgan fingerprint density at radius 3 is 2.81 bits per heavy atom. The van der Waals surface area contributed by atoms with E-state index in [-0.39, 0.29) is 11.9 Å². The van der Waals surface area contributed by atoms with Gasteiger partial charge in [0.2, 0.25) is 11.1 Å². The van der Waals surface area contributed by atoms with E-state index in [0.717, 1.165) is 43.7 Å². The standard InChI is InChI=1S/C18H26N6OS/c1-4-23-10-8-15(9-11-23)19-17(25)12-26-18-20-21-22-24(18)16-7-5-6-13(2)14(16)3/h5-7,15H,4,8-12H2,1-3H3,(H,19,25). The first-order chi connectivity index (χ1) is 12.6. The monoisotopic (exact) mass is 374 g/mol. The first-order valence-corrected chi connectivity index (χ1v) is 10.1. The zero-order valence-electron chi connectivity index (χ0n) is 15.6. The minimum atomic E-state index is 0.0421. The van der Waals surface area contributed by atoms with Gasteiger partial charge in [-0.25, -0.2) is 0 Å². The van der Waals surface area contributed by atoms with Crippen molar-refractivity contribution in [2.75, 3.05) is 25.4 Å². The maximum absolute atomic E-state index is 12.3. The van der Waals surface area contributed by atoms with Gasteiger partial charge >= 0.3 is 0 Å². The first kappa shape index (κ1) is 18.8. The molecule has 1 aliphatic rings. The van der Waals surface area contributed by atoms with Gasteiger partial charge in [-0.3, -0.25) is 4.79 Å². The molecule has 0 aliphatic carbocycles. The lowest BCUT2D eigenvalue weighted by Gasteiger charge is -2.31. The van der Waals surface area contributed by atoms with Crippen LogP contribution in [0.15, 0.2) is 23.4 Å². The molecule has 0 spiro atoms. The number of nitrogens with zero attached hydrogens (tertiary/aromatic N) is 5. The van der Waals surface area contributed by atoms with Crippen molar-refractivity contribution in [3.63, 3.8) is 0 Å². The molecule has 1 fully saturated rings. The molecule has 1 aromatic heterocycles. The molecule has 1 aromatic carbocycles. The van der Waals surface area contributed by atoms with Crippen molar-refractivity contribution in [1.82, 2.24) is 30.4 Å². The number of amides is 1. The maximum Gasteiger partial charge on any atom is 0.230 e. The molecule has 1 amide bonds. The molecule has 8 heteroatoms. The molecule has 1 N–H and O–H groups in total. The van der Waals surface area contributed by atoms with E-state index in [1.807, 2.05) is 12.1 Å². The predicted octanol–water partition coefficient (Wildman–Crippen LogP) is 1.97. The van der Waals surface area contributed by atoms with Gasteiger partial charge in [-0.15, -0.1) is 5.10 Å². The van der Waals surface area contributed by atoms with Gasteiger partial charge in [0.25, 0.3) is 0 Å². The lowest BCUT2D eigenvalue weighted by molar-refractivity contribution is -0.119. The fourth-order valence-electron chi connectivity index (χ4n) is 3.18. The fraction of sp³-hybridized carbons (Fsp3) is 0.556. The number of piperidine rings is 1. The van der Waals surface area contributed by atoms with Crippen molar-refractivity contribution >= 4 is 17.7 Å². The van der Waals surface area contributed by atoms with Gasteiger partial charge < -0.3 is 10.2 Å². The molecule has 0 atom stereocenters. The zero-order valence-corrected chi connectivity index (χ0v) is 16.4. The van der Waals surface area contributed by atoms with E-state index < -0.39 is 0 Å². The van der Waals surface area contributed by atoms with Gasteiger partial charge in [-0.2, -0.15) is 4.68 Å². The lowest BCUT2D eigenvalue weighted by atomic mass is 10.1. The van der Waals surface area contributed by atoms with Crippen LogP contribution in [0.1, 0.15) is 30.9 Å². The molecule has 7 nitrogen and oxygen atoms in total. The van der Waals surface area contributed by atoms with Crippen LogP contribution in [-0.4, -0.2) is 62.4 Å². The highest BCUT2D eigenvalue weighted by Crippen LogP contribution is 2.22. The van der Waals surface area contributed by atoms with Gasteiger partial charge in [0.15, 0.2) is 0 Å². The number of likely N-dealkylation sites (tertiary alicyclic amines) is 1. The normalized spacial score (nSPS) is 16.0. The van der Waals surface area contributed by atoms with Crippen LogP contribution in [0.5, 0.6) is 0 Å². The van der Waals surface area contributed by atoms with Crippen molar-refractivity contribution < 1.29 is 4.79 Å². The third kappa shape index (κ3) is 4.42. The lowest BCUT2D eigenvalue weighted by Crippen LogP contribution is -2.45. The van der Waals surface area contributed by atoms with Gasteiger partial charge in [-0.1, -0.05) is 30.8 Å². The Labute approximate surface area is 158 Å². The summed E-state index contributed by atoms with van der Waals surface area (Å²) >= 11 is 1.37. The predicted molar refractivity (Wildman–Crippen MR) is 103 cm³/mol. The number of tetrazole rings is 1. The quantitative estimate of drug-likeness (QED) is 0.779. The minimum Gasteiger partial charge on any atom is -0.353 e. The summed E-state index contributed by atoms with van der Waals surface area (Å²) in [7, 11) is 0. The topological polar surface area (TPSA) is 75.9 Å². The zero-order chi connectivity index (χ0) is 18.5. The molecule has 1 aliphatic heterocycles. The summed E-state index contributed by atoms with van der Waals surface area (Å²) in [5.41, 5.74) is 3.27. The Bertz CT molecular complexity index is 754. The summed E-state index contributed by atoms with van der Waals surface area (Å²) in [4.78, 5) is 14.7. The number of hydrogen-bond donors (Lipinski definition) is 1. The van der Waals surface area contributed by atoms with Crippen LogP contribution in [0, 0.1) is 13.8 Å². The summed E-state index contributed by atoms with van der Waals surface area (Å²) in [6.07, 6.45) is 2.04. The third-order valence-electron chi connectivity index (χ3n) is 4.98. The van der Waals surface area contributed by atoms with Crippen LogP contribution < -0.4 is 5.32 Å². The second-order valence-corrected chi connectivity index (χ2v) is 7.60. The van der Waals surface area contributed by atoms with Crippen LogP contribution in [0.3, 0.4) is 0 Å². The smallest absolute Gasteiger partial charge is 0.230 e. The number of aromatic nitrogens is 4. The summed E-state index contributed by atoms with van der Waals surface area (Å²) < 4.78 is 1.71. The van der Waals surface area contributed by atoms with Crippen LogP contribution in [0.25, 0.3) is 5.69 Å². The number of rotatable bonds is 6. The van der Waals surface area contributed by atoms with Crippen molar-refractivity contribution in [3.05, 3.63) is 29.3 Å². The highest BCUT2D eigenvalue weighted by molar-refractivity contribution is 7.99. The number of thioether (sulfide) groups is 1. The fourth-order valence-corrected chi connectivity index (χ4v) is 3.87. The summed E-state index contributed by atoms with van der Waals surface area (Å²) in [6.45, 7) is 9.48. The Kier molecular flexibility index (Phi) is 6.26. The second kappa shape index (κ2) is 8.64. The number of nitrogens with one attached hydrogen (secondary N) is 1. The number of hydrogen-bond acceptors (Lipinski definition) is 6. The van der Waals surface area contributed by atoms with E-state index in [1.54, 1.807) is 4.68 Å². The van der Waals surface area contributed by atoms with E-state index in [1.165, 1.54) is 17.3 Å². The first-order valence-electron chi connectivity index (χ1n) is 9.08. The van der Waals surface area contributed by atoms with Crippen LogP contribution in [0.2, 0.25) is 0 Å². The molecular weight excluding hydrogens is 348 g/mol. The number of carbonyl (C=O) groups is 1. The van der Waals surface area contributed by atoms with E-state index in [9.17, 15) is 4.79 Å². The highest BCUT2D eigenvalue weighted by atomic mass is 32.2. The number of benzene rings is 1. The summed E-state index contributed by atoms with van der Waals surface area (Å²) in [5, 5.41) is 15.7. The van der Waals surface area contributed by atoms with Gasteiger partial charge in [-0.05, 0) is 60.9 Å². The Hall–Kier alpha value is -1.93. The van der Waals surface area contributed by atoms with E-state index in [2.05, 4.69) is 52.6 Å². The van der Waals surface area contributed by atoms with Crippen LogP contribution >= 0.6 is 11.8 Å². The molecule has 0 radical (unpaired) electrons. The Morgan fingerprint density at radius 2 is 2.08 bits per heavy atom. The molecule has 26 heavy (non-hydrogen) atoms. The van der Waals surface area contributed by atoms with Gasteiger partial charge in [0.1, 0.15) is 0 Å². The van der Waals surface area contributed by atoms with E-state index in [0.29, 0.717) is 10.9 Å². The average molecular weight is 375 g/mol. The second-order valence-electron chi connectivity index (χ2n) is 6.66. The number of carbonyl (C=O) groups excluding carboxylic acids is 1.